The van der Waals surface area contributed by atoms with Crippen LogP contribution in [0.25, 0.3) is 11.4 Å². The van der Waals surface area contributed by atoms with Crippen LogP contribution in [0.2, 0.25) is 0 Å². The molecule has 0 bridgehead atoms. The Bertz CT molecular complexity index is 734. The fourth-order valence-corrected chi connectivity index (χ4v) is 2.79. The number of nitrogens with zero attached hydrogens (tertiary/aromatic N) is 3. The molecule has 1 N–H and O–H groups in total. The monoisotopic (exact) mass is 298 g/mol. The van der Waals surface area contributed by atoms with Gasteiger partial charge >= 0.3 is 0 Å². The number of hydrogen-bond donors (Lipinski definition) is 1. The molecule has 2 heterocycles. The van der Waals surface area contributed by atoms with Crippen molar-refractivity contribution in [1.29, 1.82) is 0 Å². The molecule has 0 saturated carbocycles. The normalized spacial score (nSPS) is 10.7. The van der Waals surface area contributed by atoms with E-state index in [1.54, 1.807) is 12.3 Å². The van der Waals surface area contributed by atoms with Gasteiger partial charge in [0.2, 0.25) is 0 Å². The zero-order chi connectivity index (χ0) is 14.7. The maximum atomic E-state index is 12.0. The number of Topliss-reactive ketones (excluding diaryl/α,β-unsaturated/α-hetero) is 1. The lowest BCUT2D eigenvalue weighted by atomic mass is 10.2. The van der Waals surface area contributed by atoms with Crippen LogP contribution in [0.15, 0.2) is 53.8 Å². The number of nitrogens with one attached hydrogen (secondary N) is 1. The molecule has 0 aliphatic carbocycles. The highest BCUT2D eigenvalue weighted by Gasteiger charge is 2.13. The van der Waals surface area contributed by atoms with Crippen LogP contribution in [0.1, 0.15) is 10.5 Å². The largest absolute Gasteiger partial charge is 0.359 e. The van der Waals surface area contributed by atoms with Crippen molar-refractivity contribution >= 4 is 17.5 Å². The van der Waals surface area contributed by atoms with E-state index in [4.69, 9.17) is 0 Å². The third kappa shape index (κ3) is 2.90. The van der Waals surface area contributed by atoms with Gasteiger partial charge in [-0.25, -0.2) is 0 Å². The lowest BCUT2D eigenvalue weighted by Crippen LogP contribution is -2.04. The Kier molecular flexibility index (Phi) is 3.87. The first-order valence-corrected chi connectivity index (χ1v) is 7.48. The molecule has 1 aromatic carbocycles. The van der Waals surface area contributed by atoms with E-state index in [1.165, 1.54) is 11.8 Å². The van der Waals surface area contributed by atoms with Crippen LogP contribution in [-0.4, -0.2) is 31.3 Å². The van der Waals surface area contributed by atoms with Crippen LogP contribution in [0.5, 0.6) is 0 Å². The minimum Gasteiger partial charge on any atom is -0.359 e. The summed E-state index contributed by atoms with van der Waals surface area (Å²) in [7, 11) is 1.91. The number of hydrogen-bond acceptors (Lipinski definition) is 4. The van der Waals surface area contributed by atoms with E-state index in [-0.39, 0.29) is 5.78 Å². The first-order valence-electron chi connectivity index (χ1n) is 6.50. The minimum atomic E-state index is 0.0502. The van der Waals surface area contributed by atoms with E-state index in [0.29, 0.717) is 11.4 Å². The van der Waals surface area contributed by atoms with Gasteiger partial charge in [0.15, 0.2) is 16.8 Å². The Morgan fingerprint density at radius 2 is 2.00 bits per heavy atom. The van der Waals surface area contributed by atoms with Gasteiger partial charge in [0, 0.05) is 18.8 Å². The van der Waals surface area contributed by atoms with Crippen molar-refractivity contribution in [2.24, 2.45) is 7.05 Å². The average Bonchev–Trinajstić information content (AvgIpc) is 3.16. The van der Waals surface area contributed by atoms with Gasteiger partial charge in [-0.2, -0.15) is 0 Å². The molecule has 0 radical (unpaired) electrons. The summed E-state index contributed by atoms with van der Waals surface area (Å²) in [6.07, 6.45) is 1.74. The van der Waals surface area contributed by atoms with Crippen LogP contribution in [0.3, 0.4) is 0 Å². The highest BCUT2D eigenvalue weighted by Crippen LogP contribution is 2.22. The molecular formula is C15H14N4OS. The molecule has 0 saturated heterocycles. The van der Waals surface area contributed by atoms with Gasteiger partial charge in [-0.05, 0) is 12.1 Å². The fourth-order valence-electron chi connectivity index (χ4n) is 1.99. The van der Waals surface area contributed by atoms with Gasteiger partial charge in [-0.15, -0.1) is 10.2 Å². The number of ketones is 1. The molecule has 106 valence electrons. The van der Waals surface area contributed by atoms with Gasteiger partial charge < -0.3 is 9.55 Å². The second kappa shape index (κ2) is 5.97. The molecule has 0 atom stereocenters. The average molecular weight is 298 g/mol. The van der Waals surface area contributed by atoms with E-state index >= 15 is 0 Å². The first-order chi connectivity index (χ1) is 10.3. The Balaban J connectivity index is 1.73. The zero-order valence-electron chi connectivity index (χ0n) is 11.5. The van der Waals surface area contributed by atoms with E-state index in [0.717, 1.165) is 16.5 Å². The molecule has 3 aromatic rings. The summed E-state index contributed by atoms with van der Waals surface area (Å²) < 4.78 is 1.90. The van der Waals surface area contributed by atoms with E-state index in [2.05, 4.69) is 15.2 Å². The maximum absolute atomic E-state index is 12.0. The van der Waals surface area contributed by atoms with Crippen molar-refractivity contribution in [2.45, 2.75) is 5.16 Å². The minimum absolute atomic E-state index is 0.0502. The van der Waals surface area contributed by atoms with Crippen LogP contribution in [0, 0.1) is 0 Å². The maximum Gasteiger partial charge on any atom is 0.191 e. The van der Waals surface area contributed by atoms with Crippen molar-refractivity contribution in [2.75, 3.05) is 5.75 Å². The fraction of sp³-hybridized carbons (Fsp3) is 0.133. The Morgan fingerprint density at radius 3 is 2.71 bits per heavy atom. The van der Waals surface area contributed by atoms with Crippen molar-refractivity contribution in [3.05, 3.63) is 54.4 Å². The van der Waals surface area contributed by atoms with Crippen LogP contribution >= 0.6 is 11.8 Å². The van der Waals surface area contributed by atoms with Gasteiger partial charge in [-0.1, -0.05) is 42.1 Å². The summed E-state index contributed by atoms with van der Waals surface area (Å²) in [5.74, 6) is 1.18. The number of aromatic amines is 1. The van der Waals surface area contributed by atoms with E-state index < -0.39 is 0 Å². The molecule has 0 aliphatic rings. The molecule has 0 aliphatic heterocycles. The molecule has 6 heteroatoms. The summed E-state index contributed by atoms with van der Waals surface area (Å²) >= 11 is 1.39. The summed E-state index contributed by atoms with van der Waals surface area (Å²) in [6.45, 7) is 0. The molecule has 0 fully saturated rings. The molecule has 0 amide bonds. The number of carbonyl (C=O) groups excluding carboxylic acids is 1. The number of carbonyl (C=O) groups is 1. The second-order valence-electron chi connectivity index (χ2n) is 4.53. The van der Waals surface area contributed by atoms with Crippen LogP contribution in [-0.2, 0) is 7.05 Å². The van der Waals surface area contributed by atoms with E-state index in [1.807, 2.05) is 48.0 Å². The zero-order valence-corrected chi connectivity index (χ0v) is 12.3. The quantitative estimate of drug-likeness (QED) is 0.581. The smallest absolute Gasteiger partial charge is 0.191 e. The van der Waals surface area contributed by atoms with Crippen molar-refractivity contribution in [1.82, 2.24) is 19.7 Å². The summed E-state index contributed by atoms with van der Waals surface area (Å²) in [6, 6.07) is 13.5. The molecule has 0 unspecified atom stereocenters. The Morgan fingerprint density at radius 1 is 1.19 bits per heavy atom. The first kappa shape index (κ1) is 13.6. The van der Waals surface area contributed by atoms with Gasteiger partial charge in [0.05, 0.1) is 11.4 Å². The Hall–Kier alpha value is -2.34. The van der Waals surface area contributed by atoms with Crippen LogP contribution < -0.4 is 0 Å². The standard InChI is InChI=1S/C15H14N4OS/c1-19-14(11-6-3-2-4-7-11)17-18-15(19)21-10-13(20)12-8-5-9-16-12/h2-9,16H,10H2,1H3. The second-order valence-corrected chi connectivity index (χ2v) is 5.47. The van der Waals surface area contributed by atoms with Crippen molar-refractivity contribution in [3.63, 3.8) is 0 Å². The van der Waals surface area contributed by atoms with Crippen LogP contribution in [0.4, 0.5) is 0 Å². The third-order valence-electron chi connectivity index (χ3n) is 3.10. The summed E-state index contributed by atoms with van der Waals surface area (Å²) in [5, 5.41) is 9.09. The van der Waals surface area contributed by atoms with Crippen molar-refractivity contribution in [3.8, 4) is 11.4 Å². The molecule has 5 nitrogen and oxygen atoms in total. The SMILES string of the molecule is Cn1c(SCC(=O)c2ccc[nH]2)nnc1-c1ccccc1. The molecule has 2 aromatic heterocycles. The molecule has 0 spiro atoms. The molecule has 3 rings (SSSR count). The predicted octanol–water partition coefficient (Wildman–Crippen LogP) is 2.79. The molecule has 21 heavy (non-hydrogen) atoms. The summed E-state index contributed by atoms with van der Waals surface area (Å²) in [5.41, 5.74) is 1.63. The number of benzene rings is 1. The van der Waals surface area contributed by atoms with Crippen molar-refractivity contribution < 1.29 is 4.79 Å². The molecular weight excluding hydrogens is 284 g/mol. The van der Waals surface area contributed by atoms with E-state index in [9.17, 15) is 4.79 Å². The van der Waals surface area contributed by atoms with Gasteiger partial charge in [0.1, 0.15) is 0 Å². The number of thioether (sulfide) groups is 1. The summed E-state index contributed by atoms with van der Waals surface area (Å²) in [4.78, 5) is 14.9. The number of H-pyrrole nitrogens is 1. The van der Waals surface area contributed by atoms with Gasteiger partial charge in [0.25, 0.3) is 0 Å². The number of rotatable bonds is 5. The predicted molar refractivity (Wildman–Crippen MR) is 82.3 cm³/mol. The highest BCUT2D eigenvalue weighted by molar-refractivity contribution is 7.99. The Labute approximate surface area is 126 Å². The highest BCUT2D eigenvalue weighted by atomic mass is 32.2. The lowest BCUT2D eigenvalue weighted by molar-refractivity contribution is 0.101. The van der Waals surface area contributed by atoms with Gasteiger partial charge in [-0.3, -0.25) is 4.79 Å². The number of aromatic nitrogens is 4. The lowest BCUT2D eigenvalue weighted by Gasteiger charge is -2.03. The topological polar surface area (TPSA) is 63.6 Å². The third-order valence-corrected chi connectivity index (χ3v) is 4.12.